The van der Waals surface area contributed by atoms with E-state index in [9.17, 15) is 0 Å². The van der Waals surface area contributed by atoms with Crippen LogP contribution in [0.2, 0.25) is 0 Å². The molecule has 114 valence electrons. The minimum absolute atomic E-state index is 0.128. The van der Waals surface area contributed by atoms with Gasteiger partial charge in [-0.25, -0.2) is 0 Å². The van der Waals surface area contributed by atoms with E-state index in [0.717, 1.165) is 25.2 Å². The van der Waals surface area contributed by atoms with Gasteiger partial charge in [0.15, 0.2) is 0 Å². The van der Waals surface area contributed by atoms with E-state index in [1.807, 2.05) is 6.07 Å². The summed E-state index contributed by atoms with van der Waals surface area (Å²) >= 11 is 0. The van der Waals surface area contributed by atoms with Gasteiger partial charge in [-0.3, -0.25) is 4.90 Å². The Labute approximate surface area is 128 Å². The molecule has 1 saturated heterocycles. The lowest BCUT2D eigenvalue weighted by atomic mass is 10.1. The van der Waals surface area contributed by atoms with Crippen molar-refractivity contribution in [2.45, 2.75) is 25.9 Å². The highest BCUT2D eigenvalue weighted by molar-refractivity contribution is 5.41. The van der Waals surface area contributed by atoms with Crippen molar-refractivity contribution in [1.82, 2.24) is 9.80 Å². The van der Waals surface area contributed by atoms with Gasteiger partial charge in [-0.1, -0.05) is 37.0 Å². The fourth-order valence-corrected chi connectivity index (χ4v) is 3.08. The molecule has 0 spiro atoms. The van der Waals surface area contributed by atoms with E-state index in [1.165, 1.54) is 5.56 Å². The summed E-state index contributed by atoms with van der Waals surface area (Å²) in [6.45, 7) is 5.67. The van der Waals surface area contributed by atoms with E-state index < -0.39 is 0 Å². The number of benzene rings is 1. The average molecular weight is 286 g/mol. The number of aliphatic hydroxyl groups is 1. The molecule has 0 aromatic heterocycles. The maximum atomic E-state index is 8.84. The first-order valence-electron chi connectivity index (χ1n) is 7.68. The maximum absolute atomic E-state index is 8.84. The van der Waals surface area contributed by atoms with Gasteiger partial charge in [-0.15, -0.1) is 0 Å². The van der Waals surface area contributed by atoms with Crippen molar-refractivity contribution in [3.63, 3.8) is 0 Å². The van der Waals surface area contributed by atoms with Crippen LogP contribution in [0.15, 0.2) is 24.3 Å². The quantitative estimate of drug-likeness (QED) is 0.855. The molecule has 1 aliphatic rings. The van der Waals surface area contributed by atoms with Crippen LogP contribution < -0.4 is 0 Å². The van der Waals surface area contributed by atoms with Crippen LogP contribution in [0.25, 0.3) is 0 Å². The molecule has 1 aromatic carbocycles. The molecule has 2 rings (SSSR count). The van der Waals surface area contributed by atoms with Gasteiger partial charge in [0.1, 0.15) is 0 Å². The van der Waals surface area contributed by atoms with Crippen LogP contribution in [-0.4, -0.2) is 54.7 Å². The summed E-state index contributed by atoms with van der Waals surface area (Å²) in [6, 6.07) is 8.98. The highest BCUT2D eigenvalue weighted by atomic mass is 16.2. The molecule has 21 heavy (non-hydrogen) atoms. The third kappa shape index (κ3) is 4.31. The van der Waals surface area contributed by atoms with E-state index in [1.54, 1.807) is 0 Å². The Hall–Kier alpha value is -1.34. The van der Waals surface area contributed by atoms with Gasteiger partial charge in [0, 0.05) is 37.7 Å². The fraction of sp³-hybridized carbons (Fsp3) is 0.556. The predicted octanol–water partition coefficient (Wildman–Crippen LogP) is 1.80. The van der Waals surface area contributed by atoms with Gasteiger partial charge < -0.3 is 10.0 Å². The highest BCUT2D eigenvalue weighted by Crippen LogP contribution is 2.22. The van der Waals surface area contributed by atoms with E-state index in [4.69, 9.17) is 5.11 Å². The Morgan fingerprint density at radius 3 is 2.71 bits per heavy atom. The number of likely N-dealkylation sites (N-methyl/N-ethyl adjacent to an activating group) is 1. The second kappa shape index (κ2) is 7.61. The smallest absolute Gasteiger partial charge is 0.0540 e. The zero-order chi connectivity index (χ0) is 15.2. The molecule has 2 unspecified atom stereocenters. The second-order valence-corrected chi connectivity index (χ2v) is 6.13. The average Bonchev–Trinajstić information content (AvgIpc) is 2.82. The Bertz CT molecular complexity index is 515. The highest BCUT2D eigenvalue weighted by Gasteiger charge is 2.30. The Morgan fingerprint density at radius 2 is 2.05 bits per heavy atom. The van der Waals surface area contributed by atoms with Crippen molar-refractivity contribution in [2.75, 3.05) is 33.8 Å². The molecular formula is C18H26N2O. The molecule has 2 atom stereocenters. The first-order valence-corrected chi connectivity index (χ1v) is 7.68. The fourth-order valence-electron chi connectivity index (χ4n) is 3.08. The van der Waals surface area contributed by atoms with E-state index >= 15 is 0 Å². The van der Waals surface area contributed by atoms with Gasteiger partial charge in [0.05, 0.1) is 6.61 Å². The molecule has 0 radical (unpaired) electrons. The summed E-state index contributed by atoms with van der Waals surface area (Å²) < 4.78 is 0. The number of likely N-dealkylation sites (tertiary alicyclic amines) is 1. The van der Waals surface area contributed by atoms with Crippen molar-refractivity contribution < 1.29 is 5.11 Å². The summed E-state index contributed by atoms with van der Waals surface area (Å²) in [5.74, 6) is 6.91. The Balaban J connectivity index is 2.06. The van der Waals surface area contributed by atoms with E-state index in [0.29, 0.717) is 18.4 Å². The lowest BCUT2D eigenvalue weighted by molar-refractivity contribution is 0.250. The van der Waals surface area contributed by atoms with Crippen molar-refractivity contribution in [3.05, 3.63) is 35.4 Å². The number of nitrogens with zero attached hydrogens (tertiary/aromatic N) is 2. The maximum Gasteiger partial charge on any atom is 0.0540 e. The van der Waals surface area contributed by atoms with Crippen LogP contribution in [-0.2, 0) is 6.54 Å². The van der Waals surface area contributed by atoms with Crippen molar-refractivity contribution in [2.24, 2.45) is 5.92 Å². The lowest BCUT2D eigenvalue weighted by Crippen LogP contribution is -2.34. The first-order chi connectivity index (χ1) is 10.1. The molecule has 1 N–H and O–H groups in total. The molecule has 1 fully saturated rings. The van der Waals surface area contributed by atoms with Crippen molar-refractivity contribution >= 4 is 0 Å². The molecule has 1 heterocycles. The lowest BCUT2D eigenvalue weighted by Gasteiger charge is -2.22. The normalized spacial score (nSPS) is 22.3. The summed E-state index contributed by atoms with van der Waals surface area (Å²) in [6.07, 6.45) is 0.539. The molecule has 0 aliphatic carbocycles. The Kier molecular flexibility index (Phi) is 5.81. The molecule has 0 saturated carbocycles. The molecule has 3 nitrogen and oxygen atoms in total. The second-order valence-electron chi connectivity index (χ2n) is 6.13. The number of aliphatic hydroxyl groups excluding tert-OH is 1. The minimum Gasteiger partial charge on any atom is -0.395 e. The van der Waals surface area contributed by atoms with Crippen LogP contribution in [0.4, 0.5) is 0 Å². The molecule has 1 aliphatic heterocycles. The summed E-state index contributed by atoms with van der Waals surface area (Å²) in [5.41, 5.74) is 2.38. The monoisotopic (exact) mass is 286 g/mol. The van der Waals surface area contributed by atoms with Crippen LogP contribution in [0.3, 0.4) is 0 Å². The zero-order valence-electron chi connectivity index (χ0n) is 13.3. The molecule has 1 aromatic rings. The zero-order valence-corrected chi connectivity index (χ0v) is 13.3. The van der Waals surface area contributed by atoms with Gasteiger partial charge in [0.2, 0.25) is 0 Å². The number of hydrogen-bond donors (Lipinski definition) is 1. The third-order valence-corrected chi connectivity index (χ3v) is 4.18. The van der Waals surface area contributed by atoms with Gasteiger partial charge in [0.25, 0.3) is 0 Å². The molecule has 0 bridgehead atoms. The van der Waals surface area contributed by atoms with Crippen molar-refractivity contribution in [1.29, 1.82) is 0 Å². The summed E-state index contributed by atoms with van der Waals surface area (Å²) in [4.78, 5) is 4.85. The van der Waals surface area contributed by atoms with Gasteiger partial charge >= 0.3 is 0 Å². The van der Waals surface area contributed by atoms with Crippen LogP contribution in [0.1, 0.15) is 24.5 Å². The van der Waals surface area contributed by atoms with Gasteiger partial charge in [-0.05, 0) is 31.6 Å². The number of hydrogen-bond acceptors (Lipinski definition) is 3. The van der Waals surface area contributed by atoms with Crippen LogP contribution in [0.5, 0.6) is 0 Å². The van der Waals surface area contributed by atoms with E-state index in [-0.39, 0.29) is 6.61 Å². The third-order valence-electron chi connectivity index (χ3n) is 4.18. The molecule has 0 amide bonds. The predicted molar refractivity (Wildman–Crippen MR) is 86.9 cm³/mol. The van der Waals surface area contributed by atoms with Crippen LogP contribution in [0, 0.1) is 17.8 Å². The summed E-state index contributed by atoms with van der Waals surface area (Å²) in [7, 11) is 4.33. The summed E-state index contributed by atoms with van der Waals surface area (Å²) in [5, 5.41) is 8.84. The van der Waals surface area contributed by atoms with Gasteiger partial charge in [-0.2, -0.15) is 0 Å². The van der Waals surface area contributed by atoms with Crippen LogP contribution >= 0.6 is 0 Å². The minimum atomic E-state index is 0.128. The number of rotatable bonds is 4. The first kappa shape index (κ1) is 16.0. The molecule has 3 heteroatoms. The SMILES string of the molecule is CC1CN(Cc2ccccc2C#CCCO)CC1N(C)C. The Morgan fingerprint density at radius 1 is 1.29 bits per heavy atom. The standard InChI is InChI=1S/C18H26N2O/c1-15-12-20(14-18(15)19(2)3)13-17-10-5-4-8-16(17)9-6-7-11-21/h4-5,8,10,15,18,21H,7,11-14H2,1-3H3. The van der Waals surface area contributed by atoms with Crippen molar-refractivity contribution in [3.8, 4) is 11.8 Å². The largest absolute Gasteiger partial charge is 0.395 e. The molecular weight excluding hydrogens is 260 g/mol. The van der Waals surface area contributed by atoms with E-state index in [2.05, 4.69) is 60.9 Å². The topological polar surface area (TPSA) is 26.7 Å².